The Morgan fingerprint density at radius 2 is 1.68 bits per heavy atom. The van der Waals surface area contributed by atoms with Gasteiger partial charge in [0, 0.05) is 12.0 Å². The first kappa shape index (κ1) is 17.3. The van der Waals surface area contributed by atoms with Crippen LogP contribution in [0.3, 0.4) is 0 Å². The molecule has 0 saturated carbocycles. The average Bonchev–Trinajstić information content (AvgIpc) is 3.20. The van der Waals surface area contributed by atoms with Crippen LogP contribution in [0, 0.1) is 13.8 Å². The van der Waals surface area contributed by atoms with Gasteiger partial charge >= 0.3 is 10.1 Å². The van der Waals surface area contributed by atoms with Crippen LogP contribution in [0.2, 0.25) is 0 Å². The summed E-state index contributed by atoms with van der Waals surface area (Å²) in [5, 5.41) is 3.55. The van der Waals surface area contributed by atoms with Gasteiger partial charge in [-0.05, 0) is 54.7 Å². The molecule has 1 N–H and O–H groups in total. The highest BCUT2D eigenvalue weighted by Gasteiger charge is 2.41. The molecule has 0 saturated heterocycles. The summed E-state index contributed by atoms with van der Waals surface area (Å²) in [5.41, 5.74) is 6.38. The quantitative estimate of drug-likeness (QED) is 0.666. The van der Waals surface area contributed by atoms with Gasteiger partial charge in [-0.3, -0.25) is 0 Å². The van der Waals surface area contributed by atoms with E-state index < -0.39 is 10.1 Å². The van der Waals surface area contributed by atoms with Crippen LogP contribution in [0.4, 0.5) is 5.69 Å². The molecule has 0 fully saturated rings. The molecule has 0 spiro atoms. The maximum Gasteiger partial charge on any atom is 0.339 e. The lowest BCUT2D eigenvalue weighted by atomic mass is 9.92. The fourth-order valence-corrected chi connectivity index (χ4v) is 5.38. The van der Waals surface area contributed by atoms with Crippen molar-refractivity contribution in [1.82, 2.24) is 0 Å². The van der Waals surface area contributed by atoms with Gasteiger partial charge < -0.3 is 9.50 Å². The normalized spacial score (nSPS) is 19.5. The fourth-order valence-electron chi connectivity index (χ4n) is 4.38. The Morgan fingerprint density at radius 1 is 0.929 bits per heavy atom. The summed E-state index contributed by atoms with van der Waals surface area (Å²) in [6, 6.07) is 19.5. The number of hydrogen-bond acceptors (Lipinski definition) is 4. The van der Waals surface area contributed by atoms with Gasteiger partial charge in [0.1, 0.15) is 4.90 Å². The molecule has 0 unspecified atom stereocenters. The highest BCUT2D eigenvalue weighted by Crippen LogP contribution is 2.51. The predicted molar refractivity (Wildman–Crippen MR) is 110 cm³/mol. The maximum absolute atomic E-state index is 12.9. The molecule has 0 aromatic heterocycles. The first-order chi connectivity index (χ1) is 13.4. The summed E-state index contributed by atoms with van der Waals surface area (Å²) in [7, 11) is -3.90. The Balaban J connectivity index is 1.57. The number of nitrogens with one attached hydrogen (secondary N) is 1. The first-order valence-corrected chi connectivity index (χ1v) is 10.8. The molecule has 28 heavy (non-hydrogen) atoms. The molecule has 5 heteroatoms. The number of fused-ring (bicyclic) bond motifs is 5. The number of benzene rings is 3. The van der Waals surface area contributed by atoms with Crippen molar-refractivity contribution in [2.24, 2.45) is 0 Å². The van der Waals surface area contributed by atoms with Crippen LogP contribution >= 0.6 is 0 Å². The zero-order chi connectivity index (χ0) is 19.5. The van der Waals surface area contributed by atoms with Crippen molar-refractivity contribution in [2.45, 2.75) is 37.1 Å². The van der Waals surface area contributed by atoms with Crippen LogP contribution < -0.4 is 9.50 Å². The molecular weight excluding hydrogens is 370 g/mol. The van der Waals surface area contributed by atoms with E-state index in [-0.39, 0.29) is 16.9 Å². The van der Waals surface area contributed by atoms with E-state index in [9.17, 15) is 8.42 Å². The van der Waals surface area contributed by atoms with Crippen molar-refractivity contribution < 1.29 is 12.6 Å². The van der Waals surface area contributed by atoms with Crippen LogP contribution in [0.25, 0.3) is 0 Å². The van der Waals surface area contributed by atoms with Gasteiger partial charge in [-0.1, -0.05) is 54.1 Å². The van der Waals surface area contributed by atoms with Crippen LogP contribution in [0.1, 0.15) is 33.7 Å². The number of rotatable bonds is 3. The van der Waals surface area contributed by atoms with Gasteiger partial charge in [-0.15, -0.1) is 0 Å². The minimum atomic E-state index is -3.90. The van der Waals surface area contributed by atoms with Crippen LogP contribution in [-0.2, 0) is 16.5 Å². The van der Waals surface area contributed by atoms with E-state index in [0.717, 1.165) is 28.8 Å². The van der Waals surface area contributed by atoms with Crippen LogP contribution in [0.15, 0.2) is 65.6 Å². The SMILES string of the molecule is Cc1ccc(S(=O)(=O)Oc2c(C)ccc3c2N[C@H]2Cc4ccccc4[C@H]32)cc1. The lowest BCUT2D eigenvalue weighted by Crippen LogP contribution is -2.17. The Kier molecular flexibility index (Phi) is 3.78. The number of aryl methyl sites for hydroxylation is 2. The van der Waals surface area contributed by atoms with Crippen LogP contribution in [-0.4, -0.2) is 14.5 Å². The Labute approximate surface area is 165 Å². The third-order valence-electron chi connectivity index (χ3n) is 5.79. The van der Waals surface area contributed by atoms with E-state index in [4.69, 9.17) is 4.18 Å². The fraction of sp³-hybridized carbons (Fsp3) is 0.217. The second-order valence-corrected chi connectivity index (χ2v) is 9.20. The zero-order valence-electron chi connectivity index (χ0n) is 15.8. The van der Waals surface area contributed by atoms with Crippen LogP contribution in [0.5, 0.6) is 5.75 Å². The van der Waals surface area contributed by atoms with E-state index in [1.165, 1.54) is 11.1 Å². The lowest BCUT2D eigenvalue weighted by Gasteiger charge is -2.15. The van der Waals surface area contributed by atoms with Gasteiger partial charge in [0.05, 0.1) is 5.69 Å². The summed E-state index contributed by atoms with van der Waals surface area (Å²) >= 11 is 0. The summed E-state index contributed by atoms with van der Waals surface area (Å²) in [6.07, 6.45) is 0.929. The van der Waals surface area contributed by atoms with Crippen molar-refractivity contribution in [2.75, 3.05) is 5.32 Å². The minimum Gasteiger partial charge on any atom is -0.378 e. The number of hydrogen-bond donors (Lipinski definition) is 1. The second-order valence-electron chi connectivity index (χ2n) is 7.66. The van der Waals surface area contributed by atoms with Crippen molar-refractivity contribution >= 4 is 15.8 Å². The molecule has 2 aliphatic rings. The lowest BCUT2D eigenvalue weighted by molar-refractivity contribution is 0.485. The zero-order valence-corrected chi connectivity index (χ0v) is 16.6. The molecule has 0 radical (unpaired) electrons. The smallest absolute Gasteiger partial charge is 0.339 e. The summed E-state index contributed by atoms with van der Waals surface area (Å²) in [4.78, 5) is 0.165. The third kappa shape index (κ3) is 2.61. The Morgan fingerprint density at radius 3 is 2.46 bits per heavy atom. The highest BCUT2D eigenvalue weighted by atomic mass is 32.2. The summed E-state index contributed by atoms with van der Waals surface area (Å²) in [5.74, 6) is 0.640. The van der Waals surface area contributed by atoms with Crippen molar-refractivity contribution in [3.8, 4) is 5.75 Å². The van der Waals surface area contributed by atoms with E-state index in [0.29, 0.717) is 5.75 Å². The molecule has 3 aromatic carbocycles. The summed E-state index contributed by atoms with van der Waals surface area (Å²) in [6.45, 7) is 3.80. The molecule has 5 rings (SSSR count). The molecule has 142 valence electrons. The van der Waals surface area contributed by atoms with Gasteiger partial charge in [-0.25, -0.2) is 0 Å². The average molecular weight is 391 g/mol. The maximum atomic E-state index is 12.9. The first-order valence-electron chi connectivity index (χ1n) is 9.43. The molecule has 2 atom stereocenters. The Bertz CT molecular complexity index is 1180. The monoisotopic (exact) mass is 391 g/mol. The molecule has 3 aromatic rings. The van der Waals surface area contributed by atoms with E-state index >= 15 is 0 Å². The second kappa shape index (κ2) is 6.11. The molecular formula is C23H21NO3S. The van der Waals surface area contributed by atoms with Crippen molar-refractivity contribution in [3.05, 3.63) is 88.5 Å². The summed E-state index contributed by atoms with van der Waals surface area (Å²) < 4.78 is 31.4. The molecule has 1 heterocycles. The topological polar surface area (TPSA) is 55.4 Å². The molecule has 1 aliphatic carbocycles. The van der Waals surface area contributed by atoms with E-state index in [1.807, 2.05) is 19.9 Å². The van der Waals surface area contributed by atoms with Gasteiger partial charge in [0.15, 0.2) is 5.75 Å². The minimum absolute atomic E-state index is 0.165. The molecule has 0 amide bonds. The number of anilines is 1. The van der Waals surface area contributed by atoms with Crippen molar-refractivity contribution in [3.63, 3.8) is 0 Å². The molecule has 1 aliphatic heterocycles. The molecule has 0 bridgehead atoms. The van der Waals surface area contributed by atoms with E-state index in [1.54, 1.807) is 24.3 Å². The standard InChI is InChI=1S/C23H21NO3S/c1-14-7-10-17(11-8-14)28(25,26)27-23-15(2)9-12-19-21-18-6-4-3-5-16(18)13-20(21)24-22(19)23/h3-12,20-21,24H,13H2,1-2H3/t20-,21+/m0/s1. The van der Waals surface area contributed by atoms with Gasteiger partial charge in [-0.2, -0.15) is 8.42 Å². The van der Waals surface area contributed by atoms with Crippen molar-refractivity contribution in [1.29, 1.82) is 0 Å². The predicted octanol–water partition coefficient (Wildman–Crippen LogP) is 4.55. The van der Waals surface area contributed by atoms with Gasteiger partial charge in [0.2, 0.25) is 0 Å². The molecule has 4 nitrogen and oxygen atoms in total. The Hall–Kier alpha value is -2.79. The highest BCUT2D eigenvalue weighted by molar-refractivity contribution is 7.87. The van der Waals surface area contributed by atoms with E-state index in [2.05, 4.69) is 35.6 Å². The largest absolute Gasteiger partial charge is 0.378 e. The van der Waals surface area contributed by atoms with Gasteiger partial charge in [0.25, 0.3) is 0 Å². The third-order valence-corrected chi connectivity index (χ3v) is 7.02.